The molecule has 1 aromatic rings. The molecule has 0 aliphatic rings. The monoisotopic (exact) mass is 112 g/mol. The Morgan fingerprint density at radius 3 is 2.38 bits per heavy atom. The first-order valence-electron chi connectivity index (χ1n) is 2.33. The van der Waals surface area contributed by atoms with Crippen LogP contribution in [0.5, 0.6) is 0 Å². The number of aryl methyl sites for hydroxylation is 1. The van der Waals surface area contributed by atoms with Crippen LogP contribution in [0.2, 0.25) is 0 Å². The van der Waals surface area contributed by atoms with Crippen LogP contribution in [0.15, 0.2) is 0 Å². The van der Waals surface area contributed by atoms with E-state index in [0.29, 0.717) is 5.82 Å². The van der Waals surface area contributed by atoms with Gasteiger partial charge in [0.25, 0.3) is 0 Å². The molecule has 0 amide bonds. The Balaban J connectivity index is 3.19. The highest BCUT2D eigenvalue weighted by atomic mass is 15.4. The predicted octanol–water partition coefficient (Wildman–Crippen LogP) is -0.294. The maximum atomic E-state index is 5.35. The van der Waals surface area contributed by atoms with Crippen molar-refractivity contribution in [1.82, 2.24) is 15.0 Å². The maximum absolute atomic E-state index is 5.35. The minimum absolute atomic E-state index is 0.507. The van der Waals surface area contributed by atoms with Crippen molar-refractivity contribution in [3.63, 3.8) is 0 Å². The van der Waals surface area contributed by atoms with Crippen LogP contribution in [0.25, 0.3) is 0 Å². The normalized spacial score (nSPS) is 9.75. The van der Waals surface area contributed by atoms with Crippen molar-refractivity contribution < 1.29 is 0 Å². The molecule has 0 saturated carbocycles. The van der Waals surface area contributed by atoms with Gasteiger partial charge in [-0.05, 0) is 6.92 Å². The number of anilines is 1. The molecule has 0 aliphatic heterocycles. The molecule has 4 nitrogen and oxygen atoms in total. The van der Waals surface area contributed by atoms with Crippen molar-refractivity contribution >= 4 is 5.82 Å². The van der Waals surface area contributed by atoms with Gasteiger partial charge in [0.1, 0.15) is 0 Å². The number of hydrogen-bond acceptors (Lipinski definition) is 3. The van der Waals surface area contributed by atoms with Gasteiger partial charge in [0, 0.05) is 7.05 Å². The average molecular weight is 112 g/mol. The Morgan fingerprint density at radius 1 is 1.62 bits per heavy atom. The highest BCUT2D eigenvalue weighted by Gasteiger charge is 1.96. The Morgan fingerprint density at radius 2 is 2.25 bits per heavy atom. The van der Waals surface area contributed by atoms with E-state index in [-0.39, 0.29) is 0 Å². The number of hydrogen-bond donors (Lipinski definition) is 1. The van der Waals surface area contributed by atoms with Crippen molar-refractivity contribution in [2.75, 3.05) is 5.73 Å². The van der Waals surface area contributed by atoms with Crippen molar-refractivity contribution in [2.24, 2.45) is 7.05 Å². The van der Waals surface area contributed by atoms with Gasteiger partial charge < -0.3 is 5.73 Å². The minimum Gasteiger partial charge on any atom is -0.381 e. The molecule has 1 rings (SSSR count). The van der Waals surface area contributed by atoms with E-state index < -0.39 is 0 Å². The van der Waals surface area contributed by atoms with E-state index in [1.54, 1.807) is 11.7 Å². The van der Waals surface area contributed by atoms with Gasteiger partial charge in [-0.3, -0.25) is 4.68 Å². The van der Waals surface area contributed by atoms with E-state index in [4.69, 9.17) is 5.73 Å². The van der Waals surface area contributed by atoms with E-state index in [2.05, 4.69) is 10.3 Å². The number of aromatic nitrogens is 3. The smallest absolute Gasteiger partial charge is 0.168 e. The van der Waals surface area contributed by atoms with E-state index >= 15 is 0 Å². The highest BCUT2D eigenvalue weighted by molar-refractivity contribution is 5.30. The summed E-state index contributed by atoms with van der Waals surface area (Å²) >= 11 is 0. The van der Waals surface area contributed by atoms with Crippen LogP contribution in [0, 0.1) is 6.92 Å². The Hall–Kier alpha value is -1.06. The van der Waals surface area contributed by atoms with Crippen LogP contribution in [-0.4, -0.2) is 15.0 Å². The quantitative estimate of drug-likeness (QED) is 0.501. The number of nitrogens with zero attached hydrogens (tertiary/aromatic N) is 3. The molecule has 0 atom stereocenters. The van der Waals surface area contributed by atoms with Gasteiger partial charge in [0.15, 0.2) is 5.82 Å². The van der Waals surface area contributed by atoms with Crippen LogP contribution in [-0.2, 0) is 7.05 Å². The second-order valence-corrected chi connectivity index (χ2v) is 1.68. The van der Waals surface area contributed by atoms with Gasteiger partial charge >= 0.3 is 0 Å². The first-order valence-corrected chi connectivity index (χ1v) is 2.33. The largest absolute Gasteiger partial charge is 0.381 e. The molecule has 1 heterocycles. The zero-order chi connectivity index (χ0) is 6.15. The molecule has 4 heteroatoms. The third kappa shape index (κ3) is 0.538. The van der Waals surface area contributed by atoms with Crippen LogP contribution in [0.3, 0.4) is 0 Å². The lowest BCUT2D eigenvalue weighted by Gasteiger charge is -1.87. The molecule has 0 saturated heterocycles. The molecule has 0 spiro atoms. The van der Waals surface area contributed by atoms with Crippen LogP contribution >= 0.6 is 0 Å². The second kappa shape index (κ2) is 1.47. The molecule has 1 aromatic heterocycles. The van der Waals surface area contributed by atoms with Gasteiger partial charge in [-0.25, -0.2) is 0 Å². The summed E-state index contributed by atoms with van der Waals surface area (Å²) in [5.41, 5.74) is 6.25. The first-order chi connectivity index (χ1) is 3.72. The summed E-state index contributed by atoms with van der Waals surface area (Å²) in [4.78, 5) is 0. The lowest BCUT2D eigenvalue weighted by molar-refractivity contribution is 0.696. The van der Waals surface area contributed by atoms with Crippen molar-refractivity contribution in [2.45, 2.75) is 6.92 Å². The fraction of sp³-hybridized carbons (Fsp3) is 0.500. The Labute approximate surface area is 47.3 Å². The van der Waals surface area contributed by atoms with Crippen molar-refractivity contribution in [1.29, 1.82) is 0 Å². The molecular weight excluding hydrogens is 104 g/mol. The number of rotatable bonds is 0. The Kier molecular flexibility index (Phi) is 0.932. The fourth-order valence-corrected chi connectivity index (χ4v) is 0.420. The summed E-state index contributed by atoms with van der Waals surface area (Å²) in [5, 5.41) is 7.26. The molecule has 8 heavy (non-hydrogen) atoms. The van der Waals surface area contributed by atoms with Gasteiger partial charge in [0.05, 0.1) is 5.69 Å². The molecule has 0 bridgehead atoms. The standard InChI is InChI=1S/C4H8N4/c1-3-4(5)6-7-8(3)2/h5H2,1-2H3. The molecule has 0 radical (unpaired) electrons. The third-order valence-corrected chi connectivity index (χ3v) is 1.14. The van der Waals surface area contributed by atoms with E-state index in [1.165, 1.54) is 0 Å². The number of nitrogen functional groups attached to an aromatic ring is 1. The van der Waals surface area contributed by atoms with Crippen LogP contribution < -0.4 is 5.73 Å². The molecule has 0 unspecified atom stereocenters. The summed E-state index contributed by atoms with van der Waals surface area (Å²) in [6, 6.07) is 0. The minimum atomic E-state index is 0.507. The summed E-state index contributed by atoms with van der Waals surface area (Å²) in [6.07, 6.45) is 0. The maximum Gasteiger partial charge on any atom is 0.168 e. The van der Waals surface area contributed by atoms with Gasteiger partial charge in [-0.15, -0.1) is 5.10 Å². The Bertz CT molecular complexity index is 170. The summed E-state index contributed by atoms with van der Waals surface area (Å²) in [6.45, 7) is 1.87. The lowest BCUT2D eigenvalue weighted by Crippen LogP contribution is -1.93. The zero-order valence-electron chi connectivity index (χ0n) is 4.92. The van der Waals surface area contributed by atoms with Gasteiger partial charge in [0.2, 0.25) is 0 Å². The van der Waals surface area contributed by atoms with E-state index in [0.717, 1.165) is 5.69 Å². The zero-order valence-corrected chi connectivity index (χ0v) is 4.92. The third-order valence-electron chi connectivity index (χ3n) is 1.14. The highest BCUT2D eigenvalue weighted by Crippen LogP contribution is 2.00. The summed E-state index contributed by atoms with van der Waals surface area (Å²) in [7, 11) is 1.80. The lowest BCUT2D eigenvalue weighted by atomic mass is 10.5. The average Bonchev–Trinajstić information content (AvgIpc) is 1.98. The fourth-order valence-electron chi connectivity index (χ4n) is 0.420. The molecule has 0 aromatic carbocycles. The molecule has 44 valence electrons. The van der Waals surface area contributed by atoms with Gasteiger partial charge in [-0.1, -0.05) is 5.21 Å². The summed E-state index contributed by atoms with van der Waals surface area (Å²) in [5.74, 6) is 0.507. The van der Waals surface area contributed by atoms with Crippen molar-refractivity contribution in [3.05, 3.63) is 5.69 Å². The molecule has 2 N–H and O–H groups in total. The first kappa shape index (κ1) is 5.08. The topological polar surface area (TPSA) is 56.7 Å². The van der Waals surface area contributed by atoms with Crippen molar-refractivity contribution in [3.8, 4) is 0 Å². The molecule has 0 aliphatic carbocycles. The number of nitrogens with two attached hydrogens (primary N) is 1. The van der Waals surface area contributed by atoms with E-state index in [1.807, 2.05) is 6.92 Å². The molecular formula is C4H8N4. The van der Waals surface area contributed by atoms with E-state index in [9.17, 15) is 0 Å². The molecule has 0 fully saturated rings. The van der Waals surface area contributed by atoms with Crippen LogP contribution in [0.1, 0.15) is 5.69 Å². The summed E-state index contributed by atoms with van der Waals surface area (Å²) < 4.78 is 1.63. The van der Waals surface area contributed by atoms with Gasteiger partial charge in [-0.2, -0.15) is 0 Å². The predicted molar refractivity (Wildman–Crippen MR) is 30.2 cm³/mol. The second-order valence-electron chi connectivity index (χ2n) is 1.68. The SMILES string of the molecule is Cc1c(N)nnn1C. The van der Waals surface area contributed by atoms with Crippen LogP contribution in [0.4, 0.5) is 5.82 Å².